The third-order valence-electron chi connectivity index (χ3n) is 4.00. The molecular formula is C16H32ClN3O2. The maximum atomic E-state index is 12.2. The van der Waals surface area contributed by atoms with Gasteiger partial charge in [0.1, 0.15) is 0 Å². The van der Waals surface area contributed by atoms with E-state index >= 15 is 0 Å². The molecule has 1 rings (SSSR count). The van der Waals surface area contributed by atoms with Gasteiger partial charge in [0.25, 0.3) is 0 Å². The van der Waals surface area contributed by atoms with Gasteiger partial charge in [0, 0.05) is 38.5 Å². The Hall–Kier alpha value is -0.810. The zero-order valence-electron chi connectivity index (χ0n) is 14.1. The average molecular weight is 334 g/mol. The highest BCUT2D eigenvalue weighted by Gasteiger charge is 2.22. The third-order valence-corrected chi connectivity index (χ3v) is 4.00. The predicted octanol–water partition coefficient (Wildman–Crippen LogP) is 2.03. The molecule has 0 bridgehead atoms. The topological polar surface area (TPSA) is 66.6 Å². The first-order chi connectivity index (χ1) is 10.1. The number of hydrogen-bond donors (Lipinski definition) is 1. The fourth-order valence-corrected chi connectivity index (χ4v) is 2.68. The lowest BCUT2D eigenvalue weighted by atomic mass is 10.1. The van der Waals surface area contributed by atoms with E-state index in [1.807, 2.05) is 23.6 Å². The van der Waals surface area contributed by atoms with Crippen molar-refractivity contribution in [2.24, 2.45) is 11.7 Å². The van der Waals surface area contributed by atoms with E-state index in [9.17, 15) is 9.59 Å². The minimum Gasteiger partial charge on any atom is -0.341 e. The molecule has 130 valence electrons. The van der Waals surface area contributed by atoms with Crippen molar-refractivity contribution in [2.45, 2.75) is 52.4 Å². The van der Waals surface area contributed by atoms with E-state index in [0.717, 1.165) is 51.7 Å². The lowest BCUT2D eigenvalue weighted by Gasteiger charge is -2.23. The van der Waals surface area contributed by atoms with Crippen LogP contribution in [0.2, 0.25) is 0 Å². The first-order valence-corrected chi connectivity index (χ1v) is 8.33. The largest absolute Gasteiger partial charge is 0.341 e. The molecule has 0 aliphatic carbocycles. The van der Waals surface area contributed by atoms with Crippen molar-refractivity contribution in [3.05, 3.63) is 0 Å². The molecule has 1 heterocycles. The first kappa shape index (κ1) is 21.2. The fraction of sp³-hybridized carbons (Fsp3) is 0.875. The summed E-state index contributed by atoms with van der Waals surface area (Å²) in [5.74, 6) is 0.475. The molecule has 6 heteroatoms. The molecule has 1 fully saturated rings. The molecule has 0 spiro atoms. The molecule has 0 aromatic rings. The van der Waals surface area contributed by atoms with Crippen LogP contribution >= 0.6 is 12.4 Å². The summed E-state index contributed by atoms with van der Waals surface area (Å²) in [5.41, 5.74) is 5.46. The molecule has 0 aromatic carbocycles. The van der Waals surface area contributed by atoms with Gasteiger partial charge in [0.2, 0.25) is 11.8 Å². The zero-order valence-corrected chi connectivity index (χ0v) is 14.9. The second-order valence-corrected chi connectivity index (χ2v) is 6.17. The highest BCUT2D eigenvalue weighted by atomic mass is 35.5. The summed E-state index contributed by atoms with van der Waals surface area (Å²) in [6.07, 6.45) is 5.70. The minimum atomic E-state index is 0. The predicted molar refractivity (Wildman–Crippen MR) is 92.0 cm³/mol. The summed E-state index contributed by atoms with van der Waals surface area (Å²) < 4.78 is 0. The molecule has 0 saturated carbocycles. The summed E-state index contributed by atoms with van der Waals surface area (Å²) in [7, 11) is 0. The number of rotatable bonds is 7. The summed E-state index contributed by atoms with van der Waals surface area (Å²) in [5, 5.41) is 0. The summed E-state index contributed by atoms with van der Waals surface area (Å²) in [6.45, 7) is 7.51. The van der Waals surface area contributed by atoms with Crippen LogP contribution < -0.4 is 5.73 Å². The maximum Gasteiger partial charge on any atom is 0.225 e. The van der Waals surface area contributed by atoms with Crippen LogP contribution in [-0.4, -0.2) is 54.3 Å². The summed E-state index contributed by atoms with van der Waals surface area (Å²) in [6, 6.07) is 0. The number of nitrogens with two attached hydrogens (primary N) is 1. The fourth-order valence-electron chi connectivity index (χ4n) is 2.68. The zero-order chi connectivity index (χ0) is 15.7. The summed E-state index contributed by atoms with van der Waals surface area (Å²) >= 11 is 0. The van der Waals surface area contributed by atoms with Crippen molar-refractivity contribution in [3.8, 4) is 0 Å². The van der Waals surface area contributed by atoms with E-state index in [4.69, 9.17) is 5.73 Å². The van der Waals surface area contributed by atoms with Crippen molar-refractivity contribution in [1.29, 1.82) is 0 Å². The monoisotopic (exact) mass is 333 g/mol. The number of halogens is 1. The van der Waals surface area contributed by atoms with Gasteiger partial charge in [-0.1, -0.05) is 26.7 Å². The van der Waals surface area contributed by atoms with Crippen LogP contribution in [0.1, 0.15) is 52.4 Å². The van der Waals surface area contributed by atoms with Gasteiger partial charge in [-0.15, -0.1) is 12.4 Å². The highest BCUT2D eigenvalue weighted by molar-refractivity contribution is 5.85. The molecule has 0 radical (unpaired) electrons. The van der Waals surface area contributed by atoms with Gasteiger partial charge < -0.3 is 15.5 Å². The van der Waals surface area contributed by atoms with Crippen molar-refractivity contribution in [1.82, 2.24) is 9.80 Å². The van der Waals surface area contributed by atoms with Crippen LogP contribution in [0.4, 0.5) is 0 Å². The van der Waals surface area contributed by atoms with Gasteiger partial charge in [0.05, 0.1) is 0 Å². The van der Waals surface area contributed by atoms with Crippen molar-refractivity contribution in [3.63, 3.8) is 0 Å². The minimum absolute atomic E-state index is 0. The van der Waals surface area contributed by atoms with E-state index < -0.39 is 0 Å². The molecule has 2 N–H and O–H groups in total. The van der Waals surface area contributed by atoms with E-state index in [1.54, 1.807) is 0 Å². The van der Waals surface area contributed by atoms with E-state index in [-0.39, 0.29) is 30.1 Å². The number of amides is 2. The molecule has 0 aromatic heterocycles. The van der Waals surface area contributed by atoms with Gasteiger partial charge in [-0.25, -0.2) is 0 Å². The maximum absolute atomic E-state index is 12.2. The van der Waals surface area contributed by atoms with Crippen LogP contribution in [0.3, 0.4) is 0 Å². The Balaban J connectivity index is 0.00000441. The van der Waals surface area contributed by atoms with Crippen LogP contribution in [0.25, 0.3) is 0 Å². The summed E-state index contributed by atoms with van der Waals surface area (Å²) in [4.78, 5) is 28.0. The number of nitrogens with zero attached hydrogens (tertiary/aromatic N) is 2. The molecule has 1 aliphatic heterocycles. The smallest absolute Gasteiger partial charge is 0.225 e. The second-order valence-electron chi connectivity index (χ2n) is 6.17. The molecule has 2 amide bonds. The Morgan fingerprint density at radius 2 is 1.55 bits per heavy atom. The number of hydrogen-bond acceptors (Lipinski definition) is 3. The standard InChI is InChI=1S/C16H31N3O2.ClH/c1-14(2)16(21)19-11-7-10-18(12-13-19)15(20)8-5-3-4-6-9-17;/h14H,3-13,17H2,1-2H3;1H. The van der Waals surface area contributed by atoms with Crippen LogP contribution in [0.5, 0.6) is 0 Å². The van der Waals surface area contributed by atoms with Gasteiger partial charge in [-0.05, 0) is 25.8 Å². The van der Waals surface area contributed by atoms with Crippen LogP contribution in [-0.2, 0) is 9.59 Å². The molecule has 0 atom stereocenters. The van der Waals surface area contributed by atoms with Gasteiger partial charge in [0.15, 0.2) is 0 Å². The quantitative estimate of drug-likeness (QED) is 0.725. The lowest BCUT2D eigenvalue weighted by Crippen LogP contribution is -2.38. The molecule has 5 nitrogen and oxygen atoms in total. The highest BCUT2D eigenvalue weighted by Crippen LogP contribution is 2.10. The SMILES string of the molecule is CC(C)C(=O)N1CCCN(C(=O)CCCCCCN)CC1.Cl. The first-order valence-electron chi connectivity index (χ1n) is 8.33. The molecule has 0 unspecified atom stereocenters. The van der Waals surface area contributed by atoms with E-state index in [2.05, 4.69) is 0 Å². The number of carbonyl (C=O) groups is 2. The Morgan fingerprint density at radius 1 is 0.955 bits per heavy atom. The molecule has 1 saturated heterocycles. The van der Waals surface area contributed by atoms with E-state index in [1.165, 1.54) is 0 Å². The Morgan fingerprint density at radius 3 is 2.18 bits per heavy atom. The van der Waals surface area contributed by atoms with Gasteiger partial charge in [-0.3, -0.25) is 9.59 Å². The Kier molecular flexibility index (Phi) is 11.3. The van der Waals surface area contributed by atoms with Crippen molar-refractivity contribution in [2.75, 3.05) is 32.7 Å². The van der Waals surface area contributed by atoms with Crippen molar-refractivity contribution >= 4 is 24.2 Å². The average Bonchev–Trinajstić information content (AvgIpc) is 2.71. The van der Waals surface area contributed by atoms with Gasteiger partial charge in [-0.2, -0.15) is 0 Å². The van der Waals surface area contributed by atoms with E-state index in [0.29, 0.717) is 19.5 Å². The molecule has 22 heavy (non-hydrogen) atoms. The normalized spacial score (nSPS) is 15.5. The molecular weight excluding hydrogens is 302 g/mol. The number of carbonyl (C=O) groups excluding carboxylic acids is 2. The Bertz CT molecular complexity index is 337. The van der Waals surface area contributed by atoms with Gasteiger partial charge >= 0.3 is 0 Å². The lowest BCUT2D eigenvalue weighted by molar-refractivity contribution is -0.135. The molecule has 1 aliphatic rings. The number of unbranched alkanes of at least 4 members (excludes halogenated alkanes) is 3. The van der Waals surface area contributed by atoms with Crippen LogP contribution in [0.15, 0.2) is 0 Å². The second kappa shape index (κ2) is 11.7. The van der Waals surface area contributed by atoms with Crippen molar-refractivity contribution < 1.29 is 9.59 Å². The Labute approximate surface area is 141 Å². The van der Waals surface area contributed by atoms with Crippen LogP contribution in [0, 0.1) is 5.92 Å². The third kappa shape index (κ3) is 7.45.